The summed E-state index contributed by atoms with van der Waals surface area (Å²) in [6.07, 6.45) is 5.52. The Balaban J connectivity index is 2.11. The van der Waals surface area contributed by atoms with E-state index >= 15 is 0 Å². The van der Waals surface area contributed by atoms with Gasteiger partial charge in [-0.25, -0.2) is 9.97 Å². The lowest BCUT2D eigenvalue weighted by Gasteiger charge is -2.18. The molecule has 0 aliphatic heterocycles. The van der Waals surface area contributed by atoms with Gasteiger partial charge in [0.1, 0.15) is 0 Å². The third-order valence-corrected chi connectivity index (χ3v) is 2.92. The van der Waals surface area contributed by atoms with E-state index in [9.17, 15) is 0 Å². The molecule has 2 aromatic rings. The molecule has 2 rings (SSSR count). The highest BCUT2D eigenvalue weighted by Gasteiger charge is 2.07. The predicted octanol–water partition coefficient (Wildman–Crippen LogP) is 1.54. The Morgan fingerprint density at radius 3 is 2.79 bits per heavy atom. The average molecular weight is 257 g/mol. The second kappa shape index (κ2) is 6.24. The van der Waals surface area contributed by atoms with Gasteiger partial charge in [-0.3, -0.25) is 4.98 Å². The quantitative estimate of drug-likeness (QED) is 0.880. The van der Waals surface area contributed by atoms with E-state index in [0.717, 1.165) is 35.9 Å². The summed E-state index contributed by atoms with van der Waals surface area (Å²) in [6, 6.07) is 3.98. The van der Waals surface area contributed by atoms with Gasteiger partial charge in [0.25, 0.3) is 0 Å². The minimum Gasteiger partial charge on any atom is -0.339 e. The standard InChI is InChI=1S/C14H19N5/c1-11-13(8-15-2)9-17-14(18-11)19(3)10-12-5-4-6-16-7-12/h4-7,9,15H,8,10H2,1-3H3. The third-order valence-electron chi connectivity index (χ3n) is 2.92. The largest absolute Gasteiger partial charge is 0.339 e. The fourth-order valence-corrected chi connectivity index (χ4v) is 1.86. The highest BCUT2D eigenvalue weighted by molar-refractivity contribution is 5.33. The fourth-order valence-electron chi connectivity index (χ4n) is 1.86. The molecule has 0 aliphatic rings. The van der Waals surface area contributed by atoms with Crippen LogP contribution in [0.4, 0.5) is 5.95 Å². The lowest BCUT2D eigenvalue weighted by Crippen LogP contribution is -2.20. The molecule has 0 saturated heterocycles. The summed E-state index contributed by atoms with van der Waals surface area (Å²) >= 11 is 0. The second-order valence-corrected chi connectivity index (χ2v) is 4.53. The van der Waals surface area contributed by atoms with Gasteiger partial charge in [-0.15, -0.1) is 0 Å². The van der Waals surface area contributed by atoms with E-state index in [4.69, 9.17) is 0 Å². The van der Waals surface area contributed by atoms with E-state index in [1.807, 2.05) is 50.4 Å². The van der Waals surface area contributed by atoms with Crippen LogP contribution in [0.15, 0.2) is 30.7 Å². The molecule has 1 N–H and O–H groups in total. The highest BCUT2D eigenvalue weighted by atomic mass is 15.2. The van der Waals surface area contributed by atoms with Crippen LogP contribution in [0.1, 0.15) is 16.8 Å². The first kappa shape index (κ1) is 13.4. The first-order valence-corrected chi connectivity index (χ1v) is 6.28. The second-order valence-electron chi connectivity index (χ2n) is 4.53. The smallest absolute Gasteiger partial charge is 0.225 e. The van der Waals surface area contributed by atoms with E-state index in [1.165, 1.54) is 0 Å². The maximum absolute atomic E-state index is 4.54. The SMILES string of the molecule is CNCc1cnc(N(C)Cc2cccnc2)nc1C. The number of hydrogen-bond acceptors (Lipinski definition) is 5. The molecule has 0 unspecified atom stereocenters. The lowest BCUT2D eigenvalue weighted by atomic mass is 10.2. The minimum absolute atomic E-state index is 0.737. The van der Waals surface area contributed by atoms with E-state index in [1.54, 1.807) is 6.20 Å². The number of nitrogens with one attached hydrogen (secondary N) is 1. The maximum atomic E-state index is 4.54. The van der Waals surface area contributed by atoms with Crippen LogP contribution in [0, 0.1) is 6.92 Å². The van der Waals surface area contributed by atoms with Crippen LogP contribution in [0.3, 0.4) is 0 Å². The van der Waals surface area contributed by atoms with Crippen molar-refractivity contribution >= 4 is 5.95 Å². The number of rotatable bonds is 5. The van der Waals surface area contributed by atoms with Crippen LogP contribution < -0.4 is 10.2 Å². The number of aryl methyl sites for hydroxylation is 1. The van der Waals surface area contributed by atoms with Gasteiger partial charge in [0.05, 0.1) is 0 Å². The van der Waals surface area contributed by atoms with Crippen LogP contribution in [0.5, 0.6) is 0 Å². The molecule has 5 nitrogen and oxygen atoms in total. The average Bonchev–Trinajstić information content (AvgIpc) is 2.42. The van der Waals surface area contributed by atoms with Crippen LogP contribution in [0.25, 0.3) is 0 Å². The summed E-state index contributed by atoms with van der Waals surface area (Å²) in [6.45, 7) is 3.55. The van der Waals surface area contributed by atoms with Crippen molar-refractivity contribution < 1.29 is 0 Å². The first-order chi connectivity index (χ1) is 9.20. The van der Waals surface area contributed by atoms with Crippen LogP contribution in [0.2, 0.25) is 0 Å². The number of aromatic nitrogens is 3. The molecule has 0 spiro atoms. The predicted molar refractivity (Wildman–Crippen MR) is 75.9 cm³/mol. The normalized spacial score (nSPS) is 10.5. The van der Waals surface area contributed by atoms with Gasteiger partial charge >= 0.3 is 0 Å². The van der Waals surface area contributed by atoms with Crippen molar-refractivity contribution in [2.75, 3.05) is 19.0 Å². The minimum atomic E-state index is 0.737. The Labute approximate surface area is 113 Å². The van der Waals surface area contributed by atoms with Crippen LogP contribution in [-0.2, 0) is 13.1 Å². The number of anilines is 1. The van der Waals surface area contributed by atoms with E-state index in [0.29, 0.717) is 0 Å². The zero-order valence-corrected chi connectivity index (χ0v) is 11.6. The summed E-state index contributed by atoms with van der Waals surface area (Å²) in [4.78, 5) is 15.1. The van der Waals surface area contributed by atoms with Gasteiger partial charge in [0, 0.05) is 50.0 Å². The Hall–Kier alpha value is -2.01. The Morgan fingerprint density at radius 1 is 1.32 bits per heavy atom. The van der Waals surface area contributed by atoms with Crippen molar-refractivity contribution in [1.29, 1.82) is 0 Å². The Kier molecular flexibility index (Phi) is 4.41. The number of pyridine rings is 1. The number of hydrogen-bond donors (Lipinski definition) is 1. The van der Waals surface area contributed by atoms with Gasteiger partial charge < -0.3 is 10.2 Å². The molecule has 2 heterocycles. The molecule has 0 saturated carbocycles. The molecule has 0 fully saturated rings. The topological polar surface area (TPSA) is 53.9 Å². The monoisotopic (exact) mass is 257 g/mol. The molecular formula is C14H19N5. The van der Waals surface area contributed by atoms with E-state index in [2.05, 4.69) is 20.3 Å². The van der Waals surface area contributed by atoms with Crippen molar-refractivity contribution in [3.05, 3.63) is 47.5 Å². The van der Waals surface area contributed by atoms with Crippen LogP contribution >= 0.6 is 0 Å². The summed E-state index contributed by atoms with van der Waals surface area (Å²) in [5, 5.41) is 3.11. The summed E-state index contributed by atoms with van der Waals surface area (Å²) in [7, 11) is 3.90. The molecule has 0 bridgehead atoms. The molecule has 2 aromatic heterocycles. The highest BCUT2D eigenvalue weighted by Crippen LogP contribution is 2.12. The zero-order chi connectivity index (χ0) is 13.7. The first-order valence-electron chi connectivity index (χ1n) is 6.28. The summed E-state index contributed by atoms with van der Waals surface area (Å²) in [5.41, 5.74) is 3.28. The van der Waals surface area contributed by atoms with Crippen LogP contribution in [-0.4, -0.2) is 29.0 Å². The van der Waals surface area contributed by atoms with Gasteiger partial charge in [-0.1, -0.05) is 6.07 Å². The summed E-state index contributed by atoms with van der Waals surface area (Å²) in [5.74, 6) is 0.737. The van der Waals surface area contributed by atoms with Gasteiger partial charge in [0.2, 0.25) is 5.95 Å². The Morgan fingerprint density at radius 2 is 2.16 bits per heavy atom. The molecule has 100 valence electrons. The fraction of sp³-hybridized carbons (Fsp3) is 0.357. The van der Waals surface area contributed by atoms with Gasteiger partial charge in [-0.2, -0.15) is 0 Å². The van der Waals surface area contributed by atoms with Gasteiger partial charge in [-0.05, 0) is 25.6 Å². The molecule has 0 atom stereocenters. The molecule has 0 aromatic carbocycles. The zero-order valence-electron chi connectivity index (χ0n) is 11.6. The molecule has 0 amide bonds. The van der Waals surface area contributed by atoms with E-state index < -0.39 is 0 Å². The molecular weight excluding hydrogens is 238 g/mol. The summed E-state index contributed by atoms with van der Waals surface area (Å²) < 4.78 is 0. The van der Waals surface area contributed by atoms with Crippen molar-refractivity contribution in [3.63, 3.8) is 0 Å². The molecule has 0 aliphatic carbocycles. The molecule has 19 heavy (non-hydrogen) atoms. The third kappa shape index (κ3) is 3.48. The molecule has 0 radical (unpaired) electrons. The van der Waals surface area contributed by atoms with E-state index in [-0.39, 0.29) is 0 Å². The van der Waals surface area contributed by atoms with Crippen molar-refractivity contribution in [3.8, 4) is 0 Å². The lowest BCUT2D eigenvalue weighted by molar-refractivity contribution is 0.785. The molecule has 5 heteroatoms. The maximum Gasteiger partial charge on any atom is 0.225 e. The number of nitrogens with zero attached hydrogens (tertiary/aromatic N) is 4. The van der Waals surface area contributed by atoms with Crippen molar-refractivity contribution in [2.45, 2.75) is 20.0 Å². The Bertz CT molecular complexity index is 527. The van der Waals surface area contributed by atoms with Gasteiger partial charge in [0.15, 0.2) is 0 Å². The van der Waals surface area contributed by atoms with Crippen molar-refractivity contribution in [1.82, 2.24) is 20.3 Å². The van der Waals surface area contributed by atoms with Crippen molar-refractivity contribution in [2.24, 2.45) is 0 Å².